The lowest BCUT2D eigenvalue weighted by atomic mass is 9.97. The van der Waals surface area contributed by atoms with Crippen LogP contribution in [0.2, 0.25) is 15.3 Å². The average Bonchev–Trinajstić information content (AvgIpc) is 3.44. The van der Waals surface area contributed by atoms with Gasteiger partial charge in [0.15, 0.2) is 5.69 Å². The van der Waals surface area contributed by atoms with Gasteiger partial charge in [0.2, 0.25) is 0 Å². The highest BCUT2D eigenvalue weighted by molar-refractivity contribution is 6.31. The first-order chi connectivity index (χ1) is 19.6. The summed E-state index contributed by atoms with van der Waals surface area (Å²) in [4.78, 5) is 11.5. The molecular formula is C28H30Cl3F3N7+. The number of hydrogen-bond donors (Lipinski definition) is 2. The van der Waals surface area contributed by atoms with Gasteiger partial charge in [0.25, 0.3) is 0 Å². The Morgan fingerprint density at radius 2 is 1.95 bits per heavy atom. The second-order valence-corrected chi connectivity index (χ2v) is 12.0. The van der Waals surface area contributed by atoms with E-state index in [1.54, 1.807) is 11.9 Å². The first-order valence-corrected chi connectivity index (χ1v) is 14.7. The van der Waals surface area contributed by atoms with E-state index >= 15 is 0 Å². The zero-order chi connectivity index (χ0) is 28.9. The molecule has 13 heteroatoms. The van der Waals surface area contributed by atoms with Crippen molar-refractivity contribution in [2.24, 2.45) is 5.92 Å². The molecule has 5 heterocycles. The van der Waals surface area contributed by atoms with Gasteiger partial charge in [0.1, 0.15) is 24.8 Å². The van der Waals surface area contributed by atoms with E-state index < -0.39 is 16.9 Å². The van der Waals surface area contributed by atoms with Gasteiger partial charge in [0.05, 0.1) is 17.6 Å². The molecule has 1 saturated heterocycles. The number of H-pyrrole nitrogens is 1. The molecule has 0 amide bonds. The zero-order valence-corrected chi connectivity index (χ0v) is 24.6. The van der Waals surface area contributed by atoms with Crippen LogP contribution in [0, 0.1) is 5.92 Å². The van der Waals surface area contributed by atoms with Crippen LogP contribution in [0.4, 0.5) is 19.0 Å². The van der Waals surface area contributed by atoms with Crippen LogP contribution >= 0.6 is 34.8 Å². The number of benzene rings is 1. The molecule has 7 nitrogen and oxygen atoms in total. The highest BCUT2D eigenvalue weighted by atomic mass is 35.5. The van der Waals surface area contributed by atoms with E-state index in [1.807, 2.05) is 30.6 Å². The number of anilines is 1. The third kappa shape index (κ3) is 5.77. The molecule has 1 aromatic carbocycles. The Bertz CT molecular complexity index is 1560. The first-order valence-electron chi connectivity index (χ1n) is 13.5. The molecular weight excluding hydrogens is 598 g/mol. The zero-order valence-electron chi connectivity index (χ0n) is 22.4. The fraction of sp³-hybridized carbons (Fsp3) is 0.429. The topological polar surface area (TPSA) is 56.0 Å². The van der Waals surface area contributed by atoms with Gasteiger partial charge >= 0.3 is 11.5 Å². The lowest BCUT2D eigenvalue weighted by molar-refractivity contribution is -0.701. The minimum absolute atomic E-state index is 0.0361. The predicted molar refractivity (Wildman–Crippen MR) is 155 cm³/mol. The standard InChI is InChI=1S/C28H30Cl3F3N7/c1-38(24-5-3-21(30)26(37-24)28(32,33)34)8-9-39-7-6-19-20-12-18(29)2-4-22(20)36-25(19)23(39)16-41-11-10-40(27(41)31)15-17-13-35-14-17/h2-5,10-12,17,23,35-36H,6-9,13-16H2,1H3/q+1. The van der Waals surface area contributed by atoms with E-state index in [0.717, 1.165) is 49.2 Å². The van der Waals surface area contributed by atoms with Gasteiger partial charge in [-0.3, -0.25) is 4.90 Å². The highest BCUT2D eigenvalue weighted by Crippen LogP contribution is 2.37. The number of likely N-dealkylation sites (N-methyl/N-ethyl adjacent to an activating group) is 1. The highest BCUT2D eigenvalue weighted by Gasteiger charge is 2.36. The minimum atomic E-state index is -4.62. The van der Waals surface area contributed by atoms with Crippen LogP contribution in [0.5, 0.6) is 0 Å². The monoisotopic (exact) mass is 626 g/mol. The molecule has 4 aromatic rings. The number of hydrogen-bond acceptors (Lipinski definition) is 4. The number of alkyl halides is 3. The smallest absolute Gasteiger partial charge is 0.358 e. The third-order valence-corrected chi connectivity index (χ3v) is 9.10. The summed E-state index contributed by atoms with van der Waals surface area (Å²) in [6, 6.07) is 8.60. The van der Waals surface area contributed by atoms with Crippen LogP contribution in [0.25, 0.3) is 10.9 Å². The van der Waals surface area contributed by atoms with E-state index in [2.05, 4.69) is 29.3 Å². The minimum Gasteiger partial charge on any atom is -0.358 e. The molecule has 0 aliphatic carbocycles. The summed E-state index contributed by atoms with van der Waals surface area (Å²) < 4.78 is 44.4. The van der Waals surface area contributed by atoms with Gasteiger partial charge in [-0.15, -0.1) is 0 Å². The van der Waals surface area contributed by atoms with Crippen LogP contribution in [0.15, 0.2) is 42.7 Å². The van der Waals surface area contributed by atoms with Crippen molar-refractivity contribution in [2.45, 2.75) is 31.7 Å². The molecule has 0 saturated carbocycles. The van der Waals surface area contributed by atoms with E-state index in [-0.39, 0.29) is 11.9 Å². The van der Waals surface area contributed by atoms with Crippen molar-refractivity contribution in [1.29, 1.82) is 0 Å². The molecule has 41 heavy (non-hydrogen) atoms. The summed E-state index contributed by atoms with van der Waals surface area (Å²) in [5.74, 6) is 0.788. The molecule has 2 aliphatic rings. The number of rotatable bonds is 8. The molecule has 0 bridgehead atoms. The van der Waals surface area contributed by atoms with E-state index in [1.165, 1.54) is 17.7 Å². The summed E-state index contributed by atoms with van der Waals surface area (Å²) in [6.45, 7) is 5.32. The molecule has 218 valence electrons. The normalized spacial score (nSPS) is 18.1. The molecule has 2 N–H and O–H groups in total. The summed E-state index contributed by atoms with van der Waals surface area (Å²) in [5.41, 5.74) is 2.30. The largest absolute Gasteiger partial charge is 0.434 e. The van der Waals surface area contributed by atoms with Gasteiger partial charge < -0.3 is 15.2 Å². The summed E-state index contributed by atoms with van der Waals surface area (Å²) in [7, 11) is 1.74. The van der Waals surface area contributed by atoms with Gasteiger partial charge in [-0.25, -0.2) is 14.1 Å². The van der Waals surface area contributed by atoms with Gasteiger partial charge in [-0.1, -0.05) is 23.2 Å². The number of aromatic amines is 1. The SMILES string of the molecule is CN(CCN1CCc2c([nH]c3ccc(Cl)cc23)C1Cn1cc[n+](CC2CNC2)c1Cl)c1ccc(Cl)c(C(F)(F)F)n1. The molecule has 1 fully saturated rings. The van der Waals surface area contributed by atoms with Crippen molar-refractivity contribution in [3.63, 3.8) is 0 Å². The van der Waals surface area contributed by atoms with Crippen molar-refractivity contribution in [3.8, 4) is 0 Å². The fourth-order valence-electron chi connectivity index (χ4n) is 5.76. The molecule has 1 unspecified atom stereocenters. The lowest BCUT2D eigenvalue weighted by Crippen LogP contribution is -2.51. The maximum Gasteiger partial charge on any atom is 0.434 e. The Morgan fingerprint density at radius 1 is 1.15 bits per heavy atom. The Morgan fingerprint density at radius 3 is 2.68 bits per heavy atom. The van der Waals surface area contributed by atoms with Crippen LogP contribution in [-0.4, -0.2) is 59.2 Å². The Labute approximate surface area is 250 Å². The summed E-state index contributed by atoms with van der Waals surface area (Å²) >= 11 is 19.0. The van der Waals surface area contributed by atoms with Gasteiger partial charge in [-0.2, -0.15) is 13.2 Å². The van der Waals surface area contributed by atoms with Crippen molar-refractivity contribution < 1.29 is 17.7 Å². The number of pyridine rings is 1. The number of imidazole rings is 1. The van der Waals surface area contributed by atoms with Gasteiger partial charge in [-0.05, 0) is 42.3 Å². The number of fused-ring (bicyclic) bond motifs is 3. The molecule has 6 rings (SSSR count). The van der Waals surface area contributed by atoms with Crippen molar-refractivity contribution >= 4 is 51.5 Å². The van der Waals surface area contributed by atoms with E-state index in [0.29, 0.717) is 35.9 Å². The molecule has 1 atom stereocenters. The van der Waals surface area contributed by atoms with Crippen molar-refractivity contribution in [1.82, 2.24) is 24.8 Å². The average molecular weight is 628 g/mol. The molecule has 0 radical (unpaired) electrons. The second kappa shape index (κ2) is 11.3. The number of halogens is 6. The third-order valence-electron chi connectivity index (χ3n) is 8.13. The van der Waals surface area contributed by atoms with Crippen molar-refractivity contribution in [2.75, 3.05) is 44.7 Å². The lowest BCUT2D eigenvalue weighted by Gasteiger charge is -2.36. The maximum atomic E-state index is 13.4. The van der Waals surface area contributed by atoms with Crippen molar-refractivity contribution in [3.05, 3.63) is 75.0 Å². The quantitative estimate of drug-likeness (QED) is 0.250. The number of nitrogens with zero attached hydrogens (tertiary/aromatic N) is 5. The number of nitrogens with one attached hydrogen (secondary N) is 2. The van der Waals surface area contributed by atoms with Crippen LogP contribution < -0.4 is 14.8 Å². The van der Waals surface area contributed by atoms with Gasteiger partial charge in [0, 0.05) is 78.9 Å². The summed E-state index contributed by atoms with van der Waals surface area (Å²) in [6.07, 6.45) is 0.241. The molecule has 3 aromatic heterocycles. The first kappa shape index (κ1) is 28.6. The Hall–Kier alpha value is -2.50. The maximum absolute atomic E-state index is 13.4. The molecule has 2 aliphatic heterocycles. The predicted octanol–water partition coefficient (Wildman–Crippen LogP) is 5.59. The summed E-state index contributed by atoms with van der Waals surface area (Å²) in [5, 5.41) is 5.37. The second-order valence-electron chi connectivity index (χ2n) is 10.8. The van der Waals surface area contributed by atoms with Crippen LogP contribution in [0.3, 0.4) is 0 Å². The van der Waals surface area contributed by atoms with E-state index in [9.17, 15) is 13.2 Å². The molecule has 0 spiro atoms. The Balaban J connectivity index is 1.26. The van der Waals surface area contributed by atoms with Crippen LogP contribution in [-0.2, 0) is 25.7 Å². The van der Waals surface area contributed by atoms with Crippen LogP contribution in [0.1, 0.15) is 23.0 Å². The van der Waals surface area contributed by atoms with E-state index in [4.69, 9.17) is 34.8 Å². The fourth-order valence-corrected chi connectivity index (χ4v) is 6.40. The number of aromatic nitrogens is 4. The Kier molecular flexibility index (Phi) is 7.88.